The van der Waals surface area contributed by atoms with Crippen LogP contribution in [0.3, 0.4) is 0 Å². The summed E-state index contributed by atoms with van der Waals surface area (Å²) in [4.78, 5) is 14.8. The molecule has 2 aromatic rings. The van der Waals surface area contributed by atoms with Crippen LogP contribution in [0.1, 0.15) is 13.3 Å². The smallest absolute Gasteiger partial charge is 0.240 e. The van der Waals surface area contributed by atoms with Gasteiger partial charge in [-0.25, -0.2) is 0 Å². The minimum Gasteiger partial charge on any atom is -0.355 e. The van der Waals surface area contributed by atoms with E-state index in [-0.39, 0.29) is 12.5 Å². The Balaban J connectivity index is 2.32. The highest BCUT2D eigenvalue weighted by molar-refractivity contribution is 7.71. The third kappa shape index (κ3) is 2.73. The third-order valence-electron chi connectivity index (χ3n) is 2.61. The fourth-order valence-corrected chi connectivity index (χ4v) is 2.19. The molecule has 2 N–H and O–H groups in total. The lowest BCUT2D eigenvalue weighted by Crippen LogP contribution is -2.28. The van der Waals surface area contributed by atoms with Gasteiger partial charge in [0.15, 0.2) is 4.77 Å². The molecular weight excluding hydrogens is 270 g/mol. The number of H-pyrrole nitrogens is 1. The SMILES string of the molecule is CCCNC(=O)Cn1c(=S)[nH]c2ccc(Cl)cc21. The minimum atomic E-state index is -0.0474. The Hall–Kier alpha value is -1.33. The molecule has 0 atom stereocenters. The van der Waals surface area contributed by atoms with Gasteiger partial charge in [0.2, 0.25) is 5.91 Å². The van der Waals surface area contributed by atoms with Crippen molar-refractivity contribution in [3.05, 3.63) is 28.0 Å². The van der Waals surface area contributed by atoms with Gasteiger partial charge >= 0.3 is 0 Å². The predicted molar refractivity (Wildman–Crippen MR) is 75.4 cm³/mol. The molecule has 6 heteroatoms. The molecule has 1 aromatic carbocycles. The fourth-order valence-electron chi connectivity index (χ4n) is 1.75. The Morgan fingerprint density at radius 1 is 1.56 bits per heavy atom. The molecule has 1 amide bonds. The second-order valence-electron chi connectivity index (χ2n) is 4.03. The zero-order valence-electron chi connectivity index (χ0n) is 10.00. The quantitative estimate of drug-likeness (QED) is 0.848. The zero-order valence-corrected chi connectivity index (χ0v) is 11.6. The summed E-state index contributed by atoms with van der Waals surface area (Å²) in [6.07, 6.45) is 0.914. The molecule has 2 rings (SSSR count). The third-order valence-corrected chi connectivity index (χ3v) is 3.17. The van der Waals surface area contributed by atoms with Crippen molar-refractivity contribution < 1.29 is 4.79 Å². The molecule has 0 fully saturated rings. The van der Waals surface area contributed by atoms with Crippen molar-refractivity contribution in [2.75, 3.05) is 6.54 Å². The standard InChI is InChI=1S/C12H14ClN3OS/c1-2-5-14-11(17)7-16-10-6-8(13)3-4-9(10)15-12(16)18/h3-4,6H,2,5,7H2,1H3,(H,14,17)(H,15,18). The molecule has 96 valence electrons. The van der Waals surface area contributed by atoms with Gasteiger partial charge in [0.25, 0.3) is 0 Å². The van der Waals surface area contributed by atoms with Gasteiger partial charge in [0.1, 0.15) is 6.54 Å². The molecular formula is C12H14ClN3OS. The maximum Gasteiger partial charge on any atom is 0.240 e. The normalized spacial score (nSPS) is 10.8. The van der Waals surface area contributed by atoms with E-state index in [1.807, 2.05) is 13.0 Å². The summed E-state index contributed by atoms with van der Waals surface area (Å²) < 4.78 is 2.28. The van der Waals surface area contributed by atoms with Crippen molar-refractivity contribution in [1.29, 1.82) is 0 Å². The van der Waals surface area contributed by atoms with Crippen LogP contribution in [0.25, 0.3) is 11.0 Å². The number of hydrogen-bond donors (Lipinski definition) is 2. The lowest BCUT2D eigenvalue weighted by atomic mass is 10.3. The van der Waals surface area contributed by atoms with Crippen LogP contribution in [0.15, 0.2) is 18.2 Å². The van der Waals surface area contributed by atoms with Crippen molar-refractivity contribution in [2.45, 2.75) is 19.9 Å². The van der Waals surface area contributed by atoms with Crippen molar-refractivity contribution in [3.8, 4) is 0 Å². The number of fused-ring (bicyclic) bond motifs is 1. The van der Waals surface area contributed by atoms with Crippen molar-refractivity contribution >= 4 is 40.8 Å². The number of carbonyl (C=O) groups is 1. The van der Waals surface area contributed by atoms with Gasteiger partial charge in [-0.05, 0) is 36.8 Å². The van der Waals surface area contributed by atoms with Gasteiger partial charge < -0.3 is 14.9 Å². The molecule has 0 saturated carbocycles. The number of amides is 1. The predicted octanol–water partition coefficient (Wildman–Crippen LogP) is 2.88. The maximum absolute atomic E-state index is 11.7. The number of rotatable bonds is 4. The van der Waals surface area contributed by atoms with Crippen molar-refractivity contribution in [2.24, 2.45) is 0 Å². The average molecular weight is 284 g/mol. The van der Waals surface area contributed by atoms with Crippen LogP contribution in [-0.2, 0) is 11.3 Å². The van der Waals surface area contributed by atoms with Gasteiger partial charge in [0, 0.05) is 11.6 Å². The summed E-state index contributed by atoms with van der Waals surface area (Å²) >= 11 is 11.2. The first-order valence-electron chi connectivity index (χ1n) is 5.76. The zero-order chi connectivity index (χ0) is 13.1. The average Bonchev–Trinajstić information content (AvgIpc) is 2.63. The van der Waals surface area contributed by atoms with E-state index in [9.17, 15) is 4.79 Å². The molecule has 0 aliphatic carbocycles. The first-order valence-corrected chi connectivity index (χ1v) is 6.55. The van der Waals surface area contributed by atoms with Gasteiger partial charge in [-0.15, -0.1) is 0 Å². The van der Waals surface area contributed by atoms with E-state index in [2.05, 4.69) is 10.3 Å². The lowest BCUT2D eigenvalue weighted by molar-refractivity contribution is -0.121. The molecule has 1 heterocycles. The number of aromatic amines is 1. The van der Waals surface area contributed by atoms with Crippen molar-refractivity contribution in [1.82, 2.24) is 14.9 Å². The summed E-state index contributed by atoms with van der Waals surface area (Å²) in [6.45, 7) is 2.89. The second kappa shape index (κ2) is 5.54. The van der Waals surface area contributed by atoms with Gasteiger partial charge in [-0.1, -0.05) is 18.5 Å². The summed E-state index contributed by atoms with van der Waals surface area (Å²) in [5.41, 5.74) is 1.73. The number of imidazole rings is 1. The summed E-state index contributed by atoms with van der Waals surface area (Å²) in [5, 5.41) is 3.45. The molecule has 18 heavy (non-hydrogen) atoms. The van der Waals surface area contributed by atoms with E-state index in [1.54, 1.807) is 16.7 Å². The second-order valence-corrected chi connectivity index (χ2v) is 4.85. The van der Waals surface area contributed by atoms with Crippen LogP contribution in [-0.4, -0.2) is 22.0 Å². The van der Waals surface area contributed by atoms with Crippen LogP contribution in [0, 0.1) is 4.77 Å². The Kier molecular flexibility index (Phi) is 4.04. The molecule has 0 radical (unpaired) electrons. The van der Waals surface area contributed by atoms with Crippen molar-refractivity contribution in [3.63, 3.8) is 0 Å². The summed E-state index contributed by atoms with van der Waals surface area (Å²) in [5.74, 6) is -0.0474. The van der Waals surface area contributed by atoms with Gasteiger partial charge in [-0.2, -0.15) is 0 Å². The van der Waals surface area contributed by atoms with E-state index in [0.29, 0.717) is 16.3 Å². The van der Waals surface area contributed by atoms with Gasteiger partial charge in [-0.3, -0.25) is 4.79 Å². The van der Waals surface area contributed by atoms with Crippen LogP contribution in [0.4, 0.5) is 0 Å². The van der Waals surface area contributed by atoms with Crippen LogP contribution in [0.5, 0.6) is 0 Å². The molecule has 0 spiro atoms. The number of carbonyl (C=O) groups excluding carboxylic acids is 1. The molecule has 0 bridgehead atoms. The monoisotopic (exact) mass is 283 g/mol. The molecule has 0 aliphatic heterocycles. The van der Waals surface area contributed by atoms with Crippen LogP contribution < -0.4 is 5.32 Å². The largest absolute Gasteiger partial charge is 0.355 e. The Morgan fingerprint density at radius 3 is 3.06 bits per heavy atom. The molecule has 0 aliphatic rings. The molecule has 0 unspecified atom stereocenters. The topological polar surface area (TPSA) is 49.8 Å². The Labute approximate surface area is 115 Å². The number of nitrogens with zero attached hydrogens (tertiary/aromatic N) is 1. The lowest BCUT2D eigenvalue weighted by Gasteiger charge is -2.05. The fraction of sp³-hybridized carbons (Fsp3) is 0.333. The van der Waals surface area contributed by atoms with Gasteiger partial charge in [0.05, 0.1) is 11.0 Å². The minimum absolute atomic E-state index is 0.0474. The summed E-state index contributed by atoms with van der Waals surface area (Å²) in [6, 6.07) is 5.45. The Morgan fingerprint density at radius 2 is 2.33 bits per heavy atom. The highest BCUT2D eigenvalue weighted by Crippen LogP contribution is 2.19. The van der Waals surface area contributed by atoms with E-state index < -0.39 is 0 Å². The highest BCUT2D eigenvalue weighted by Gasteiger charge is 2.08. The Bertz CT molecular complexity index is 632. The molecule has 4 nitrogen and oxygen atoms in total. The van der Waals surface area contributed by atoms with E-state index >= 15 is 0 Å². The highest BCUT2D eigenvalue weighted by atomic mass is 35.5. The molecule has 0 saturated heterocycles. The number of aromatic nitrogens is 2. The van der Waals surface area contributed by atoms with E-state index in [4.69, 9.17) is 23.8 Å². The van der Waals surface area contributed by atoms with Crippen LogP contribution in [0.2, 0.25) is 5.02 Å². The number of hydrogen-bond acceptors (Lipinski definition) is 2. The van der Waals surface area contributed by atoms with E-state index in [1.165, 1.54) is 0 Å². The maximum atomic E-state index is 11.7. The van der Waals surface area contributed by atoms with E-state index in [0.717, 1.165) is 17.5 Å². The molecule has 1 aromatic heterocycles. The number of benzene rings is 1. The first-order chi connectivity index (χ1) is 8.61. The number of nitrogens with one attached hydrogen (secondary N) is 2. The first kappa shape index (κ1) is 13.1. The number of halogens is 1. The summed E-state index contributed by atoms with van der Waals surface area (Å²) in [7, 11) is 0. The van der Waals surface area contributed by atoms with Crippen LogP contribution >= 0.6 is 23.8 Å².